The lowest BCUT2D eigenvalue weighted by molar-refractivity contribution is 0.489. The molecule has 0 saturated heterocycles. The fourth-order valence-corrected chi connectivity index (χ4v) is 12.2. The Labute approximate surface area is 405 Å². The number of fused-ring (bicyclic) bond motifs is 21. The van der Waals surface area contributed by atoms with Crippen LogP contribution in [0.1, 0.15) is 22.3 Å². The summed E-state index contributed by atoms with van der Waals surface area (Å²) in [4.78, 5) is 2.41. The summed E-state index contributed by atoms with van der Waals surface area (Å²) in [5.74, 6) is 1.63. The van der Waals surface area contributed by atoms with E-state index in [0.29, 0.717) is 0 Å². The maximum absolute atomic E-state index is 7.26. The summed E-state index contributed by atoms with van der Waals surface area (Å²) in [6.07, 6.45) is 0. The monoisotopic (exact) mass is 891 g/mol. The highest BCUT2D eigenvalue weighted by atomic mass is 16.5. The summed E-state index contributed by atoms with van der Waals surface area (Å²) in [7, 11) is 0. The third kappa shape index (κ3) is 5.40. The molecule has 1 unspecified atom stereocenters. The highest BCUT2D eigenvalue weighted by Crippen LogP contribution is 2.64. The van der Waals surface area contributed by atoms with Gasteiger partial charge in [0.2, 0.25) is 0 Å². The number of nitrogens with zero attached hydrogens (tertiary/aromatic N) is 1. The maximum Gasteiger partial charge on any atom is 0.159 e. The van der Waals surface area contributed by atoms with Crippen LogP contribution in [0.15, 0.2) is 253 Å². The molecule has 2 aliphatic carbocycles. The number of hydrogen-bond acceptors (Lipinski definition) is 3. The van der Waals surface area contributed by atoms with Gasteiger partial charge in [0.05, 0.1) is 11.1 Å². The molecule has 70 heavy (non-hydrogen) atoms. The molecule has 3 aliphatic rings. The smallest absolute Gasteiger partial charge is 0.159 e. The van der Waals surface area contributed by atoms with Crippen LogP contribution in [0.3, 0.4) is 0 Å². The van der Waals surface area contributed by atoms with Crippen LogP contribution >= 0.6 is 0 Å². The van der Waals surface area contributed by atoms with E-state index in [1.165, 1.54) is 55.6 Å². The van der Waals surface area contributed by atoms with Crippen molar-refractivity contribution in [3.63, 3.8) is 0 Å². The third-order valence-electron chi connectivity index (χ3n) is 15.1. The highest BCUT2D eigenvalue weighted by molar-refractivity contribution is 6.13. The Kier molecular flexibility index (Phi) is 8.28. The zero-order chi connectivity index (χ0) is 45.9. The predicted molar refractivity (Wildman–Crippen MR) is 287 cm³/mol. The van der Waals surface area contributed by atoms with E-state index in [-0.39, 0.29) is 0 Å². The predicted octanol–water partition coefficient (Wildman–Crippen LogP) is 18.2. The lowest BCUT2D eigenvalue weighted by atomic mass is 9.65. The Morgan fingerprint density at radius 3 is 1.66 bits per heavy atom. The molecule has 15 rings (SSSR count). The van der Waals surface area contributed by atoms with Crippen molar-refractivity contribution in [2.24, 2.45) is 0 Å². The second-order valence-corrected chi connectivity index (χ2v) is 18.6. The minimum absolute atomic E-state index is 0.745. The first-order valence-electron chi connectivity index (χ1n) is 24.1. The number of anilines is 3. The normalized spacial score (nSPS) is 14.5. The molecule has 11 aromatic carbocycles. The molecule has 1 atom stereocenters. The lowest BCUT2D eigenvalue weighted by Crippen LogP contribution is -2.29. The number of para-hydroxylation sites is 3. The molecule has 2 heterocycles. The Balaban J connectivity index is 1.05. The first-order valence-corrected chi connectivity index (χ1v) is 24.1. The van der Waals surface area contributed by atoms with Gasteiger partial charge in [0.1, 0.15) is 16.9 Å². The fraction of sp³-hybridized carbons (Fsp3) is 0.0149. The second-order valence-electron chi connectivity index (χ2n) is 18.6. The van der Waals surface area contributed by atoms with Crippen molar-refractivity contribution in [2.75, 3.05) is 4.90 Å². The van der Waals surface area contributed by atoms with E-state index in [4.69, 9.17) is 9.15 Å². The minimum Gasteiger partial charge on any atom is -0.455 e. The van der Waals surface area contributed by atoms with Gasteiger partial charge in [0.25, 0.3) is 0 Å². The standard InChI is InChI=1S/C67H41NO2/c1-2-17-42(18-3-1)43-33-35-44(36-34-43)68(61-30-16-27-54-49-22-7-6-21-48(49)52-24-10-14-31-62(52)69-65(54)61)45-37-38-51-47-20-5-4-19-46(47)50-23-8-12-28-57(50)67(60(51)41-45)58-29-13-9-26-56(58)64-59(67)40-39-55-53-25-11-15-32-63(53)70-66(55)64/h1-41H. The van der Waals surface area contributed by atoms with Crippen molar-refractivity contribution in [2.45, 2.75) is 5.41 Å². The average Bonchev–Trinajstić information content (AvgIpc) is 3.87. The van der Waals surface area contributed by atoms with E-state index in [9.17, 15) is 0 Å². The quantitative estimate of drug-likeness (QED) is 0.176. The minimum atomic E-state index is -0.745. The molecular formula is C67H41NO2. The van der Waals surface area contributed by atoms with Crippen LogP contribution in [0.5, 0.6) is 11.5 Å². The lowest BCUT2D eigenvalue weighted by Gasteiger charge is -2.36. The van der Waals surface area contributed by atoms with E-state index >= 15 is 0 Å². The molecule has 326 valence electrons. The molecule has 3 heteroatoms. The van der Waals surface area contributed by atoms with Crippen LogP contribution in [-0.4, -0.2) is 0 Å². The molecule has 0 bridgehead atoms. The van der Waals surface area contributed by atoms with Crippen LogP contribution in [-0.2, 0) is 5.41 Å². The number of rotatable bonds is 4. The van der Waals surface area contributed by atoms with Gasteiger partial charge in [0.15, 0.2) is 5.75 Å². The van der Waals surface area contributed by atoms with Gasteiger partial charge < -0.3 is 14.1 Å². The molecule has 0 N–H and O–H groups in total. The van der Waals surface area contributed by atoms with Crippen molar-refractivity contribution in [3.8, 4) is 78.3 Å². The van der Waals surface area contributed by atoms with Crippen molar-refractivity contribution in [1.29, 1.82) is 0 Å². The molecule has 1 aromatic heterocycles. The van der Waals surface area contributed by atoms with E-state index in [1.54, 1.807) is 0 Å². The fourth-order valence-electron chi connectivity index (χ4n) is 12.2. The summed E-state index contributed by atoms with van der Waals surface area (Å²) >= 11 is 0. The SMILES string of the molecule is c1ccc(-c2ccc(N(c3ccc4c(c3)C3(c5ccccc5-c5ccccc5-4)c4ccccc4-c4c3ccc3c4oc4ccccc43)c3cccc4c3Oc3ccccc3-c3ccccc3-4)cc2)cc1. The summed E-state index contributed by atoms with van der Waals surface area (Å²) in [6, 6.07) is 90.6. The maximum atomic E-state index is 7.26. The van der Waals surface area contributed by atoms with E-state index < -0.39 is 5.41 Å². The first kappa shape index (κ1) is 38.9. The number of ether oxygens (including phenoxy) is 1. The van der Waals surface area contributed by atoms with Gasteiger partial charge in [-0.3, -0.25) is 0 Å². The Bertz CT molecular complexity index is 4110. The van der Waals surface area contributed by atoms with E-state index in [2.05, 4.69) is 254 Å². The molecule has 1 aliphatic heterocycles. The van der Waals surface area contributed by atoms with Gasteiger partial charge in [-0.2, -0.15) is 0 Å². The molecule has 1 spiro atoms. The Morgan fingerprint density at radius 2 is 0.886 bits per heavy atom. The number of hydrogen-bond donors (Lipinski definition) is 0. The first-order chi connectivity index (χ1) is 34.7. The third-order valence-corrected chi connectivity index (χ3v) is 15.1. The van der Waals surface area contributed by atoms with Crippen LogP contribution in [0.4, 0.5) is 17.1 Å². The molecule has 3 nitrogen and oxygen atoms in total. The molecular weight excluding hydrogens is 851 g/mol. The van der Waals surface area contributed by atoms with Crippen LogP contribution in [0.2, 0.25) is 0 Å². The van der Waals surface area contributed by atoms with Crippen molar-refractivity contribution in [3.05, 3.63) is 271 Å². The molecule has 0 amide bonds. The van der Waals surface area contributed by atoms with E-state index in [0.717, 1.165) is 83.9 Å². The topological polar surface area (TPSA) is 25.6 Å². The molecule has 12 aromatic rings. The van der Waals surface area contributed by atoms with Gasteiger partial charge in [-0.25, -0.2) is 0 Å². The average molecular weight is 892 g/mol. The van der Waals surface area contributed by atoms with E-state index in [1.807, 2.05) is 0 Å². The molecule has 0 radical (unpaired) electrons. The summed E-state index contributed by atoms with van der Waals surface area (Å²) in [5.41, 5.74) is 22.8. The van der Waals surface area contributed by atoms with Crippen LogP contribution in [0, 0.1) is 0 Å². The largest absolute Gasteiger partial charge is 0.455 e. The zero-order valence-electron chi connectivity index (χ0n) is 37.9. The Morgan fingerprint density at radius 1 is 0.329 bits per heavy atom. The van der Waals surface area contributed by atoms with Gasteiger partial charge >= 0.3 is 0 Å². The summed E-state index contributed by atoms with van der Waals surface area (Å²) < 4.78 is 14.2. The Hall–Kier alpha value is -9.18. The molecule has 0 fully saturated rings. The number of benzene rings is 11. The summed E-state index contributed by atoms with van der Waals surface area (Å²) in [6.45, 7) is 0. The van der Waals surface area contributed by atoms with Crippen molar-refractivity contribution >= 4 is 39.0 Å². The van der Waals surface area contributed by atoms with Gasteiger partial charge in [-0.05, 0) is 115 Å². The van der Waals surface area contributed by atoms with Crippen molar-refractivity contribution in [1.82, 2.24) is 0 Å². The highest BCUT2D eigenvalue weighted by Gasteiger charge is 2.51. The van der Waals surface area contributed by atoms with Gasteiger partial charge in [-0.15, -0.1) is 0 Å². The zero-order valence-corrected chi connectivity index (χ0v) is 37.9. The van der Waals surface area contributed by atoms with Crippen molar-refractivity contribution < 1.29 is 9.15 Å². The van der Waals surface area contributed by atoms with Crippen LogP contribution < -0.4 is 9.64 Å². The van der Waals surface area contributed by atoms with Crippen LogP contribution in [0.25, 0.3) is 88.7 Å². The van der Waals surface area contributed by atoms with Gasteiger partial charge in [-0.1, -0.05) is 206 Å². The second kappa shape index (κ2) is 14.9. The van der Waals surface area contributed by atoms with Gasteiger partial charge in [0, 0.05) is 38.8 Å². The number of furan rings is 1. The summed E-state index contributed by atoms with van der Waals surface area (Å²) in [5, 5.41) is 2.25. The molecule has 0 saturated carbocycles.